The number of carbonyl (C=O) groups excluding carboxylic acids is 2. The number of amides is 2. The van der Waals surface area contributed by atoms with Crippen molar-refractivity contribution in [2.24, 2.45) is 0 Å². The molecule has 158 valence electrons. The van der Waals surface area contributed by atoms with Gasteiger partial charge in [-0.25, -0.2) is 4.39 Å². The van der Waals surface area contributed by atoms with Crippen LogP contribution in [0.1, 0.15) is 6.92 Å². The van der Waals surface area contributed by atoms with Crippen LogP contribution >= 0.6 is 0 Å². The fraction of sp³-hybridized carbons (Fsp3) is 0.167. The monoisotopic (exact) mass is 419 g/mol. The van der Waals surface area contributed by atoms with Crippen molar-refractivity contribution in [2.45, 2.75) is 6.92 Å². The molecule has 31 heavy (non-hydrogen) atoms. The number of aromatic hydroxyl groups is 1. The predicted molar refractivity (Wildman–Crippen MR) is 118 cm³/mol. The number of hydrogen-bond acceptors (Lipinski definition) is 4. The fourth-order valence-electron chi connectivity index (χ4n) is 3.71. The summed E-state index contributed by atoms with van der Waals surface area (Å²) in [6, 6.07) is 17.3. The molecule has 7 heteroatoms. The van der Waals surface area contributed by atoms with Crippen LogP contribution < -0.4 is 15.5 Å². The second-order valence-electron chi connectivity index (χ2n) is 7.40. The van der Waals surface area contributed by atoms with Crippen molar-refractivity contribution in [3.05, 3.63) is 66.5 Å². The molecule has 3 aromatic carbocycles. The van der Waals surface area contributed by atoms with E-state index < -0.39 is 5.82 Å². The van der Waals surface area contributed by atoms with Crippen LogP contribution in [0.25, 0.3) is 22.3 Å². The zero-order valence-corrected chi connectivity index (χ0v) is 17.0. The summed E-state index contributed by atoms with van der Waals surface area (Å²) in [5.41, 5.74) is 3.35. The molecule has 4 rings (SSSR count). The van der Waals surface area contributed by atoms with Gasteiger partial charge in [-0.1, -0.05) is 36.4 Å². The smallest absolute Gasteiger partial charge is 0.239 e. The van der Waals surface area contributed by atoms with Crippen molar-refractivity contribution in [1.82, 2.24) is 5.32 Å². The Morgan fingerprint density at radius 1 is 1.06 bits per heavy atom. The second-order valence-corrected chi connectivity index (χ2v) is 7.40. The van der Waals surface area contributed by atoms with Gasteiger partial charge in [0.15, 0.2) is 0 Å². The predicted octanol–water partition coefficient (Wildman–Crippen LogP) is 3.76. The van der Waals surface area contributed by atoms with Crippen molar-refractivity contribution >= 4 is 23.2 Å². The molecular formula is C24H22FN3O3. The van der Waals surface area contributed by atoms with Gasteiger partial charge in [0, 0.05) is 36.8 Å². The average Bonchev–Trinajstić information content (AvgIpc) is 2.75. The molecule has 1 fully saturated rings. The second kappa shape index (κ2) is 8.47. The van der Waals surface area contributed by atoms with Crippen molar-refractivity contribution in [1.29, 1.82) is 0 Å². The molecule has 1 aliphatic heterocycles. The van der Waals surface area contributed by atoms with Crippen LogP contribution in [0, 0.1) is 5.82 Å². The van der Waals surface area contributed by atoms with Gasteiger partial charge in [-0.3, -0.25) is 9.59 Å². The molecule has 0 radical (unpaired) electrons. The van der Waals surface area contributed by atoms with Crippen LogP contribution in [0.2, 0.25) is 0 Å². The number of para-hydroxylation sites is 1. The van der Waals surface area contributed by atoms with Gasteiger partial charge in [-0.05, 0) is 35.4 Å². The summed E-state index contributed by atoms with van der Waals surface area (Å²) in [5.74, 6) is -0.931. The minimum absolute atomic E-state index is 0.0220. The molecule has 0 aliphatic carbocycles. The van der Waals surface area contributed by atoms with E-state index in [0.29, 0.717) is 29.8 Å². The maximum absolute atomic E-state index is 14.4. The van der Waals surface area contributed by atoms with E-state index in [-0.39, 0.29) is 29.8 Å². The third-order valence-corrected chi connectivity index (χ3v) is 5.19. The van der Waals surface area contributed by atoms with Gasteiger partial charge in [0.1, 0.15) is 11.6 Å². The van der Waals surface area contributed by atoms with Crippen molar-refractivity contribution in [3.8, 4) is 28.0 Å². The summed E-state index contributed by atoms with van der Waals surface area (Å²) < 4.78 is 14.4. The van der Waals surface area contributed by atoms with Gasteiger partial charge >= 0.3 is 0 Å². The SMILES string of the molecule is CC(=O)Nc1ccc(-c2cccc(-c3cccc(N4CCNC(=O)C4)c3)c2O)cc1F. The van der Waals surface area contributed by atoms with Crippen LogP contribution in [-0.2, 0) is 9.59 Å². The van der Waals surface area contributed by atoms with E-state index in [1.807, 2.05) is 29.2 Å². The molecule has 1 aliphatic rings. The first kappa shape index (κ1) is 20.4. The molecule has 0 saturated carbocycles. The summed E-state index contributed by atoms with van der Waals surface area (Å²) in [4.78, 5) is 24.9. The average molecular weight is 419 g/mol. The molecule has 2 amide bonds. The standard InChI is InChI=1S/C24H22FN3O3/c1-15(29)27-22-9-8-17(13-21(22)25)20-7-3-6-19(24(20)31)16-4-2-5-18(12-16)28-11-10-26-23(30)14-28/h2-9,12-13,31H,10-11,14H2,1H3,(H,26,30)(H,27,29). The molecule has 1 heterocycles. The van der Waals surface area contributed by atoms with Gasteiger partial charge in [-0.2, -0.15) is 0 Å². The van der Waals surface area contributed by atoms with Gasteiger partial charge in [0.05, 0.1) is 12.2 Å². The van der Waals surface area contributed by atoms with Gasteiger partial charge in [0.25, 0.3) is 0 Å². The normalized spacial score (nSPS) is 13.6. The van der Waals surface area contributed by atoms with Gasteiger partial charge < -0.3 is 20.6 Å². The lowest BCUT2D eigenvalue weighted by Gasteiger charge is -2.29. The Morgan fingerprint density at radius 2 is 1.77 bits per heavy atom. The van der Waals surface area contributed by atoms with E-state index in [1.54, 1.807) is 24.3 Å². The fourth-order valence-corrected chi connectivity index (χ4v) is 3.71. The zero-order valence-electron chi connectivity index (χ0n) is 17.0. The third-order valence-electron chi connectivity index (χ3n) is 5.19. The van der Waals surface area contributed by atoms with E-state index >= 15 is 0 Å². The Bertz CT molecular complexity index is 1160. The molecule has 3 N–H and O–H groups in total. The summed E-state index contributed by atoms with van der Waals surface area (Å²) >= 11 is 0. The topological polar surface area (TPSA) is 81.7 Å². The van der Waals surface area contributed by atoms with Crippen molar-refractivity contribution in [2.75, 3.05) is 29.9 Å². The zero-order chi connectivity index (χ0) is 22.0. The van der Waals surface area contributed by atoms with Crippen LogP contribution in [0.3, 0.4) is 0 Å². The van der Waals surface area contributed by atoms with Crippen molar-refractivity contribution < 1.29 is 19.1 Å². The Balaban J connectivity index is 1.69. The lowest BCUT2D eigenvalue weighted by atomic mass is 9.96. The van der Waals surface area contributed by atoms with E-state index in [1.165, 1.54) is 19.1 Å². The van der Waals surface area contributed by atoms with Crippen LogP contribution in [0.4, 0.5) is 15.8 Å². The number of carbonyl (C=O) groups is 2. The highest BCUT2D eigenvalue weighted by Gasteiger charge is 2.18. The molecule has 6 nitrogen and oxygen atoms in total. The maximum Gasteiger partial charge on any atom is 0.239 e. The highest BCUT2D eigenvalue weighted by molar-refractivity contribution is 5.90. The number of nitrogens with zero attached hydrogens (tertiary/aromatic N) is 1. The molecule has 0 bridgehead atoms. The Morgan fingerprint density at radius 3 is 2.45 bits per heavy atom. The lowest BCUT2D eigenvalue weighted by molar-refractivity contribution is -0.120. The highest BCUT2D eigenvalue weighted by atomic mass is 19.1. The first-order chi connectivity index (χ1) is 14.9. The molecule has 1 saturated heterocycles. The van der Waals surface area contributed by atoms with Gasteiger partial charge in [0.2, 0.25) is 11.8 Å². The Kier molecular flexibility index (Phi) is 5.58. The van der Waals surface area contributed by atoms with E-state index in [4.69, 9.17) is 0 Å². The molecule has 0 spiro atoms. The maximum atomic E-state index is 14.4. The number of benzene rings is 3. The largest absolute Gasteiger partial charge is 0.507 e. The molecule has 0 aromatic heterocycles. The number of hydrogen-bond donors (Lipinski definition) is 3. The van der Waals surface area contributed by atoms with E-state index in [0.717, 1.165) is 11.3 Å². The third kappa shape index (κ3) is 4.35. The number of anilines is 2. The number of piperazine rings is 1. The summed E-state index contributed by atoms with van der Waals surface area (Å²) in [7, 11) is 0. The minimum atomic E-state index is -0.581. The van der Waals surface area contributed by atoms with Gasteiger partial charge in [-0.15, -0.1) is 0 Å². The molecule has 0 atom stereocenters. The number of phenols is 1. The molecule has 3 aromatic rings. The molecule has 0 unspecified atom stereocenters. The number of nitrogens with one attached hydrogen (secondary N) is 2. The van der Waals surface area contributed by atoms with E-state index in [2.05, 4.69) is 10.6 Å². The summed E-state index contributed by atoms with van der Waals surface area (Å²) in [6.07, 6.45) is 0. The van der Waals surface area contributed by atoms with Crippen LogP contribution in [0.15, 0.2) is 60.7 Å². The Hall–Kier alpha value is -3.87. The van der Waals surface area contributed by atoms with Crippen LogP contribution in [-0.4, -0.2) is 36.6 Å². The number of halogens is 1. The first-order valence-electron chi connectivity index (χ1n) is 9.94. The van der Waals surface area contributed by atoms with Crippen LogP contribution in [0.5, 0.6) is 5.75 Å². The minimum Gasteiger partial charge on any atom is -0.507 e. The first-order valence-corrected chi connectivity index (χ1v) is 9.94. The summed E-state index contributed by atoms with van der Waals surface area (Å²) in [6.45, 7) is 2.90. The lowest BCUT2D eigenvalue weighted by Crippen LogP contribution is -2.47. The molecular weight excluding hydrogens is 397 g/mol. The highest BCUT2D eigenvalue weighted by Crippen LogP contribution is 2.39. The van der Waals surface area contributed by atoms with Crippen molar-refractivity contribution in [3.63, 3.8) is 0 Å². The summed E-state index contributed by atoms with van der Waals surface area (Å²) in [5, 5.41) is 16.2. The van der Waals surface area contributed by atoms with E-state index in [9.17, 15) is 19.1 Å². The Labute approximate surface area is 179 Å². The number of phenolic OH excluding ortho intramolecular Hbond substituents is 1. The number of rotatable bonds is 4. The quantitative estimate of drug-likeness (QED) is 0.602.